The molecule has 1 fully saturated rings. The number of hydrogen-bond acceptors (Lipinski definition) is 1. The molecule has 0 amide bonds. The Kier molecular flexibility index (Phi) is 5.65. The zero-order valence-corrected chi connectivity index (χ0v) is 13.8. The fourth-order valence-electron chi connectivity index (χ4n) is 3.32. The normalized spacial score (nSPS) is 16.4. The molecule has 1 N–H and O–H groups in total. The van der Waals surface area contributed by atoms with Crippen molar-refractivity contribution in [2.24, 2.45) is 5.92 Å². The first-order valence-electron chi connectivity index (χ1n) is 8.61. The molecule has 0 aliphatic heterocycles. The van der Waals surface area contributed by atoms with Crippen LogP contribution in [0.2, 0.25) is 0 Å². The Hall–Kier alpha value is -0.820. The van der Waals surface area contributed by atoms with Crippen molar-refractivity contribution >= 4 is 0 Å². The van der Waals surface area contributed by atoms with Crippen LogP contribution >= 0.6 is 0 Å². The lowest BCUT2D eigenvalue weighted by Gasteiger charge is -2.25. The molecule has 0 radical (unpaired) electrons. The minimum absolute atomic E-state index is 0.573. The summed E-state index contributed by atoms with van der Waals surface area (Å²) in [5.74, 6) is 0.972. The number of hydrogen-bond donors (Lipinski definition) is 1. The summed E-state index contributed by atoms with van der Waals surface area (Å²) in [7, 11) is 0. The van der Waals surface area contributed by atoms with Crippen LogP contribution in [0, 0.1) is 5.92 Å². The Labute approximate surface area is 125 Å². The molecular weight excluding hydrogens is 242 g/mol. The van der Waals surface area contributed by atoms with Crippen molar-refractivity contribution in [2.75, 3.05) is 6.54 Å². The van der Waals surface area contributed by atoms with E-state index in [1.807, 2.05) is 0 Å². The second kappa shape index (κ2) is 7.26. The molecule has 1 aliphatic rings. The monoisotopic (exact) mass is 273 g/mol. The summed E-state index contributed by atoms with van der Waals surface area (Å²) < 4.78 is 0. The van der Waals surface area contributed by atoms with Gasteiger partial charge < -0.3 is 5.32 Å². The summed E-state index contributed by atoms with van der Waals surface area (Å²) in [6, 6.07) is 5.47. The molecule has 1 saturated carbocycles. The molecule has 0 saturated heterocycles. The van der Waals surface area contributed by atoms with Crippen molar-refractivity contribution in [2.45, 2.75) is 72.3 Å². The molecule has 1 heteroatoms. The Bertz CT molecular complexity index is 406. The smallest absolute Gasteiger partial charge is 0.0328 e. The topological polar surface area (TPSA) is 12.0 Å². The molecule has 0 heterocycles. The summed E-state index contributed by atoms with van der Waals surface area (Å²) in [6.07, 6.45) is 7.68. The highest BCUT2D eigenvalue weighted by molar-refractivity contribution is 5.42. The molecule has 1 aliphatic carbocycles. The third kappa shape index (κ3) is 3.63. The maximum absolute atomic E-state index is 3.76. The van der Waals surface area contributed by atoms with E-state index in [4.69, 9.17) is 0 Å². The van der Waals surface area contributed by atoms with Crippen LogP contribution in [0.25, 0.3) is 0 Å². The minimum Gasteiger partial charge on any atom is -0.310 e. The van der Waals surface area contributed by atoms with Gasteiger partial charge in [-0.2, -0.15) is 0 Å². The summed E-state index contributed by atoms with van der Waals surface area (Å²) in [5, 5.41) is 3.76. The Morgan fingerprint density at radius 2 is 1.60 bits per heavy atom. The minimum atomic E-state index is 0.573. The van der Waals surface area contributed by atoms with Crippen LogP contribution in [-0.2, 0) is 19.3 Å². The average Bonchev–Trinajstić information content (AvgIpc) is 3.29. The van der Waals surface area contributed by atoms with Gasteiger partial charge in [0.1, 0.15) is 0 Å². The standard InChI is InChI=1S/C19H31N/c1-5-14-11-16(6-2)19(17(7-3)12-14)18(20-8-4)13-15-9-10-15/h11-12,15,18,20H,5-10,13H2,1-4H3. The van der Waals surface area contributed by atoms with E-state index >= 15 is 0 Å². The Morgan fingerprint density at radius 3 is 2.00 bits per heavy atom. The van der Waals surface area contributed by atoms with E-state index in [-0.39, 0.29) is 0 Å². The molecule has 1 nitrogen and oxygen atoms in total. The highest BCUT2D eigenvalue weighted by atomic mass is 14.9. The SMILES string of the molecule is CCNC(CC1CC1)c1c(CC)cc(CC)cc1CC. The van der Waals surface area contributed by atoms with Gasteiger partial charge in [-0.25, -0.2) is 0 Å². The Morgan fingerprint density at radius 1 is 1.00 bits per heavy atom. The second-order valence-electron chi connectivity index (χ2n) is 6.18. The third-order valence-electron chi connectivity index (χ3n) is 4.65. The summed E-state index contributed by atoms with van der Waals surface area (Å²) in [6.45, 7) is 10.2. The van der Waals surface area contributed by atoms with E-state index in [2.05, 4.69) is 45.1 Å². The third-order valence-corrected chi connectivity index (χ3v) is 4.65. The van der Waals surface area contributed by atoms with Crippen LogP contribution in [0.15, 0.2) is 12.1 Å². The van der Waals surface area contributed by atoms with Gasteiger partial charge in [0.25, 0.3) is 0 Å². The van der Waals surface area contributed by atoms with Crippen molar-refractivity contribution in [1.29, 1.82) is 0 Å². The van der Waals surface area contributed by atoms with Gasteiger partial charge >= 0.3 is 0 Å². The van der Waals surface area contributed by atoms with Crippen molar-refractivity contribution < 1.29 is 0 Å². The lowest BCUT2D eigenvalue weighted by Crippen LogP contribution is -2.24. The highest BCUT2D eigenvalue weighted by Gasteiger charge is 2.28. The molecule has 1 atom stereocenters. The van der Waals surface area contributed by atoms with Crippen LogP contribution in [0.1, 0.15) is 75.3 Å². The molecule has 0 bridgehead atoms. The highest BCUT2D eigenvalue weighted by Crippen LogP contribution is 2.39. The van der Waals surface area contributed by atoms with Gasteiger partial charge in [0.2, 0.25) is 0 Å². The summed E-state index contributed by atoms with van der Waals surface area (Å²) in [4.78, 5) is 0. The van der Waals surface area contributed by atoms with Gasteiger partial charge in [0, 0.05) is 6.04 Å². The van der Waals surface area contributed by atoms with Gasteiger partial charge in [0.15, 0.2) is 0 Å². The predicted molar refractivity (Wildman–Crippen MR) is 88.3 cm³/mol. The zero-order chi connectivity index (χ0) is 14.5. The van der Waals surface area contributed by atoms with Crippen molar-refractivity contribution in [1.82, 2.24) is 5.32 Å². The average molecular weight is 273 g/mol. The van der Waals surface area contributed by atoms with Crippen LogP contribution in [0.4, 0.5) is 0 Å². The molecular formula is C19H31N. The van der Waals surface area contributed by atoms with Gasteiger partial charge in [-0.3, -0.25) is 0 Å². The molecule has 20 heavy (non-hydrogen) atoms. The van der Waals surface area contributed by atoms with E-state index in [0.717, 1.165) is 31.7 Å². The fourth-order valence-corrected chi connectivity index (χ4v) is 3.32. The number of aryl methyl sites for hydroxylation is 3. The van der Waals surface area contributed by atoms with Gasteiger partial charge in [-0.15, -0.1) is 0 Å². The molecule has 2 rings (SSSR count). The lowest BCUT2D eigenvalue weighted by atomic mass is 9.87. The van der Waals surface area contributed by atoms with Crippen molar-refractivity contribution in [3.63, 3.8) is 0 Å². The molecule has 112 valence electrons. The van der Waals surface area contributed by atoms with Crippen molar-refractivity contribution in [3.8, 4) is 0 Å². The van der Waals surface area contributed by atoms with E-state index in [9.17, 15) is 0 Å². The predicted octanol–water partition coefficient (Wildman–Crippen LogP) is 4.82. The molecule has 1 aromatic rings. The Balaban J connectivity index is 2.38. The van der Waals surface area contributed by atoms with Gasteiger partial charge in [-0.1, -0.05) is 52.7 Å². The largest absolute Gasteiger partial charge is 0.310 e. The number of nitrogens with one attached hydrogen (secondary N) is 1. The van der Waals surface area contributed by atoms with E-state index in [1.165, 1.54) is 24.8 Å². The molecule has 1 unspecified atom stereocenters. The van der Waals surface area contributed by atoms with Gasteiger partial charge in [0.05, 0.1) is 0 Å². The van der Waals surface area contributed by atoms with Gasteiger partial charge in [-0.05, 0) is 60.4 Å². The first kappa shape index (κ1) is 15.6. The first-order valence-corrected chi connectivity index (χ1v) is 8.61. The van der Waals surface area contributed by atoms with Crippen LogP contribution in [0.3, 0.4) is 0 Å². The quantitative estimate of drug-likeness (QED) is 0.715. The zero-order valence-electron chi connectivity index (χ0n) is 13.8. The van der Waals surface area contributed by atoms with Crippen LogP contribution < -0.4 is 5.32 Å². The molecule has 0 spiro atoms. The van der Waals surface area contributed by atoms with Crippen LogP contribution in [-0.4, -0.2) is 6.54 Å². The lowest BCUT2D eigenvalue weighted by molar-refractivity contribution is 0.481. The maximum Gasteiger partial charge on any atom is 0.0328 e. The molecule has 0 aromatic heterocycles. The van der Waals surface area contributed by atoms with Crippen LogP contribution in [0.5, 0.6) is 0 Å². The first-order chi connectivity index (χ1) is 9.73. The van der Waals surface area contributed by atoms with E-state index in [0.29, 0.717) is 6.04 Å². The molecule has 1 aromatic carbocycles. The summed E-state index contributed by atoms with van der Waals surface area (Å²) >= 11 is 0. The van der Waals surface area contributed by atoms with Crippen molar-refractivity contribution in [3.05, 3.63) is 34.4 Å². The number of rotatable bonds is 8. The number of benzene rings is 1. The van der Waals surface area contributed by atoms with E-state index in [1.54, 1.807) is 16.7 Å². The maximum atomic E-state index is 3.76. The fraction of sp³-hybridized carbons (Fsp3) is 0.684. The van der Waals surface area contributed by atoms with E-state index < -0.39 is 0 Å². The summed E-state index contributed by atoms with van der Waals surface area (Å²) in [5.41, 5.74) is 6.28. The second-order valence-corrected chi connectivity index (χ2v) is 6.18.